The van der Waals surface area contributed by atoms with Gasteiger partial charge in [0.2, 0.25) is 0 Å². The average molecular weight is 399 g/mol. The van der Waals surface area contributed by atoms with Crippen LogP contribution >= 0.6 is 34.4 Å². The van der Waals surface area contributed by atoms with Crippen molar-refractivity contribution < 1.29 is 0 Å². The van der Waals surface area contributed by atoms with E-state index >= 15 is 0 Å². The third kappa shape index (κ3) is 3.19. The molecule has 1 saturated carbocycles. The first-order chi connectivity index (χ1) is 12.8. The highest BCUT2D eigenvalue weighted by Gasteiger charge is 2.30. The number of fused-ring (bicyclic) bond motifs is 1. The molecule has 3 heterocycles. The topological polar surface area (TPSA) is 43.6 Å². The summed E-state index contributed by atoms with van der Waals surface area (Å²) in [4.78, 5) is 6.15. The highest BCUT2D eigenvalue weighted by Crippen LogP contribution is 2.43. The van der Waals surface area contributed by atoms with Gasteiger partial charge >= 0.3 is 0 Å². The van der Waals surface area contributed by atoms with Crippen molar-refractivity contribution in [1.29, 1.82) is 0 Å². The number of benzene rings is 1. The maximum absolute atomic E-state index is 4.81. The van der Waals surface area contributed by atoms with Crippen LogP contribution < -0.4 is 0 Å². The Labute approximate surface area is 164 Å². The van der Waals surface area contributed by atoms with Crippen LogP contribution in [0.15, 0.2) is 46.9 Å². The zero-order valence-corrected chi connectivity index (χ0v) is 16.8. The van der Waals surface area contributed by atoms with Crippen LogP contribution in [0.25, 0.3) is 10.2 Å². The van der Waals surface area contributed by atoms with Crippen LogP contribution in [0.5, 0.6) is 0 Å². The molecule has 3 aromatic heterocycles. The van der Waals surface area contributed by atoms with Gasteiger partial charge in [-0.05, 0) is 43.3 Å². The van der Waals surface area contributed by atoms with Gasteiger partial charge in [0.25, 0.3) is 0 Å². The first-order valence-corrected chi connectivity index (χ1v) is 11.3. The second-order valence-corrected chi connectivity index (χ2v) is 9.94. The quantitative estimate of drug-likeness (QED) is 0.389. The molecule has 0 spiro atoms. The first kappa shape index (κ1) is 16.5. The second-order valence-electron chi connectivity index (χ2n) is 6.54. The Balaban J connectivity index is 1.41. The Hall–Kier alpha value is -1.70. The molecule has 1 atom stereocenters. The molecule has 0 aliphatic heterocycles. The molecule has 1 aliphatic carbocycles. The molecule has 4 aromatic rings. The molecule has 0 bridgehead atoms. The molecule has 132 valence electrons. The van der Waals surface area contributed by atoms with Crippen LogP contribution in [0.1, 0.15) is 46.8 Å². The molecule has 0 N–H and O–H groups in total. The Bertz CT molecular complexity index is 997. The van der Waals surface area contributed by atoms with E-state index in [9.17, 15) is 0 Å². The number of aromatic nitrogens is 4. The van der Waals surface area contributed by atoms with Crippen molar-refractivity contribution >= 4 is 44.7 Å². The summed E-state index contributed by atoms with van der Waals surface area (Å²) in [6.07, 6.45) is 3.34. The highest BCUT2D eigenvalue weighted by atomic mass is 32.2. The van der Waals surface area contributed by atoms with E-state index in [2.05, 4.69) is 57.4 Å². The van der Waals surface area contributed by atoms with Crippen LogP contribution in [0.2, 0.25) is 0 Å². The van der Waals surface area contributed by atoms with Gasteiger partial charge in [-0.15, -0.1) is 32.9 Å². The van der Waals surface area contributed by atoms with Crippen LogP contribution in [0.3, 0.4) is 0 Å². The fourth-order valence-corrected chi connectivity index (χ4v) is 5.87. The number of rotatable bonds is 6. The van der Waals surface area contributed by atoms with Crippen LogP contribution in [-0.4, -0.2) is 19.7 Å². The molecule has 7 heteroatoms. The van der Waals surface area contributed by atoms with Gasteiger partial charge in [-0.3, -0.25) is 0 Å². The molecule has 4 nitrogen and oxygen atoms in total. The fourth-order valence-electron chi connectivity index (χ4n) is 3.05. The molecular formula is C19H18N4S3. The molecule has 0 saturated heterocycles. The lowest BCUT2D eigenvalue weighted by molar-refractivity contribution is 0.634. The van der Waals surface area contributed by atoms with Crippen LogP contribution in [-0.2, 0) is 6.42 Å². The van der Waals surface area contributed by atoms with Gasteiger partial charge in [-0.2, -0.15) is 0 Å². The number of para-hydroxylation sites is 1. The van der Waals surface area contributed by atoms with Gasteiger partial charge in [0.1, 0.15) is 10.8 Å². The molecule has 1 fully saturated rings. The average Bonchev–Trinajstić information content (AvgIpc) is 3.06. The summed E-state index contributed by atoms with van der Waals surface area (Å²) in [5.41, 5.74) is 1.09. The summed E-state index contributed by atoms with van der Waals surface area (Å²) < 4.78 is 3.62. The van der Waals surface area contributed by atoms with Crippen molar-refractivity contribution in [1.82, 2.24) is 19.7 Å². The highest BCUT2D eigenvalue weighted by molar-refractivity contribution is 7.99. The molecule has 1 aliphatic rings. The van der Waals surface area contributed by atoms with Crippen molar-refractivity contribution in [3.63, 3.8) is 0 Å². The van der Waals surface area contributed by atoms with E-state index in [0.717, 1.165) is 27.9 Å². The number of thiazole rings is 1. The zero-order valence-electron chi connectivity index (χ0n) is 14.3. The summed E-state index contributed by atoms with van der Waals surface area (Å²) in [6, 6.07) is 13.2. The molecule has 5 rings (SSSR count). The van der Waals surface area contributed by atoms with Gasteiger partial charge in [0.05, 0.1) is 15.5 Å². The molecule has 26 heavy (non-hydrogen) atoms. The fraction of sp³-hybridized carbons (Fsp3) is 0.316. The maximum Gasteiger partial charge on any atom is 0.192 e. The van der Waals surface area contributed by atoms with Crippen LogP contribution in [0, 0.1) is 0 Å². The van der Waals surface area contributed by atoms with Gasteiger partial charge < -0.3 is 4.57 Å². The van der Waals surface area contributed by atoms with Gasteiger partial charge in [-0.25, -0.2) is 4.98 Å². The van der Waals surface area contributed by atoms with Gasteiger partial charge in [-0.1, -0.05) is 30.0 Å². The smallest absolute Gasteiger partial charge is 0.192 e. The molecular weight excluding hydrogens is 380 g/mol. The molecule has 0 amide bonds. The first-order valence-electron chi connectivity index (χ1n) is 8.76. The third-order valence-electron chi connectivity index (χ3n) is 4.50. The van der Waals surface area contributed by atoms with Crippen molar-refractivity contribution in [3.05, 3.63) is 57.5 Å². The third-order valence-corrected chi connectivity index (χ3v) is 7.81. The zero-order chi connectivity index (χ0) is 17.5. The monoisotopic (exact) mass is 398 g/mol. The van der Waals surface area contributed by atoms with Crippen molar-refractivity contribution in [2.75, 3.05) is 0 Å². The number of hydrogen-bond donors (Lipinski definition) is 0. The largest absolute Gasteiger partial charge is 0.303 e. The summed E-state index contributed by atoms with van der Waals surface area (Å²) in [5, 5.41) is 13.6. The number of thiophene rings is 1. The van der Waals surface area contributed by atoms with E-state index in [1.807, 2.05) is 6.07 Å². The maximum atomic E-state index is 4.81. The van der Waals surface area contributed by atoms with E-state index in [4.69, 9.17) is 4.98 Å². The van der Waals surface area contributed by atoms with E-state index < -0.39 is 0 Å². The number of hydrogen-bond acceptors (Lipinski definition) is 6. The van der Waals surface area contributed by atoms with E-state index in [0.29, 0.717) is 6.04 Å². The molecule has 1 aromatic carbocycles. The molecule has 0 unspecified atom stereocenters. The predicted molar refractivity (Wildman–Crippen MR) is 109 cm³/mol. The minimum Gasteiger partial charge on any atom is -0.303 e. The normalized spacial score (nSPS) is 15.6. The van der Waals surface area contributed by atoms with Gasteiger partial charge in [0, 0.05) is 17.3 Å². The van der Waals surface area contributed by atoms with E-state index in [1.165, 1.54) is 22.4 Å². The Morgan fingerprint density at radius 1 is 1.19 bits per heavy atom. The molecule has 0 radical (unpaired) electrons. The number of thioether (sulfide) groups is 1. The lowest BCUT2D eigenvalue weighted by atomic mass is 10.3. The van der Waals surface area contributed by atoms with E-state index in [-0.39, 0.29) is 5.25 Å². The summed E-state index contributed by atoms with van der Waals surface area (Å²) >= 11 is 5.34. The Morgan fingerprint density at radius 2 is 2.08 bits per heavy atom. The Morgan fingerprint density at radius 3 is 2.85 bits per heavy atom. The van der Waals surface area contributed by atoms with Crippen molar-refractivity contribution in [2.24, 2.45) is 0 Å². The van der Waals surface area contributed by atoms with Gasteiger partial charge in [0.15, 0.2) is 5.16 Å². The lowest BCUT2D eigenvalue weighted by Gasteiger charge is -2.11. The van der Waals surface area contributed by atoms with Crippen molar-refractivity contribution in [3.8, 4) is 0 Å². The SMILES string of the molecule is C[C@@H](Sc1nnc(Cc2cccs2)n1C1CC1)c1nc2ccccc2s1. The predicted octanol–water partition coefficient (Wildman–Crippen LogP) is 5.73. The number of nitrogens with zero attached hydrogens (tertiary/aromatic N) is 4. The van der Waals surface area contributed by atoms with Crippen molar-refractivity contribution in [2.45, 2.75) is 42.6 Å². The lowest BCUT2D eigenvalue weighted by Crippen LogP contribution is -2.04. The standard InChI is InChI=1S/C19H18N4S3/c1-12(18-20-15-6-2-3-7-16(15)26-18)25-19-22-21-17(23(19)13-8-9-13)11-14-5-4-10-24-14/h2-7,10,12-13H,8-9,11H2,1H3/t12-/m1/s1. The van der Waals surface area contributed by atoms with E-state index in [1.54, 1.807) is 34.4 Å². The summed E-state index contributed by atoms with van der Waals surface area (Å²) in [5.74, 6) is 1.09. The minimum absolute atomic E-state index is 0.267. The van der Waals surface area contributed by atoms with Crippen LogP contribution in [0.4, 0.5) is 0 Å². The Kier molecular flexibility index (Phi) is 4.30. The summed E-state index contributed by atoms with van der Waals surface area (Å²) in [7, 11) is 0. The minimum atomic E-state index is 0.267. The summed E-state index contributed by atoms with van der Waals surface area (Å²) in [6.45, 7) is 2.22. The second kappa shape index (κ2) is 6.79.